The molecule has 0 aromatic heterocycles. The van der Waals surface area contributed by atoms with E-state index in [9.17, 15) is 4.79 Å². The van der Waals surface area contributed by atoms with Crippen molar-refractivity contribution in [3.8, 4) is 0 Å². The molecule has 4 heteroatoms. The topological polar surface area (TPSA) is 49.8 Å². The predicted molar refractivity (Wildman–Crippen MR) is 51.2 cm³/mol. The summed E-state index contributed by atoms with van der Waals surface area (Å²) >= 11 is 0. The number of hydrogen-bond acceptors (Lipinski definition) is 3. The molecule has 0 aliphatic carbocycles. The second-order valence-electron chi connectivity index (χ2n) is 4.33. The van der Waals surface area contributed by atoms with Gasteiger partial charge in [-0.3, -0.25) is 9.69 Å². The van der Waals surface area contributed by atoms with Crippen molar-refractivity contribution in [3.63, 3.8) is 0 Å². The van der Waals surface area contributed by atoms with Gasteiger partial charge in [-0.15, -0.1) is 0 Å². The maximum atomic E-state index is 10.9. The van der Waals surface area contributed by atoms with Gasteiger partial charge < -0.3 is 9.84 Å². The molecule has 0 saturated carbocycles. The maximum absolute atomic E-state index is 10.9. The average molecular weight is 199 g/mol. The van der Waals surface area contributed by atoms with Crippen LogP contribution in [-0.4, -0.2) is 47.8 Å². The Balaban J connectivity index is 2.03. The predicted octanol–water partition coefficient (Wildman–Crippen LogP) is 0.572. The number of likely N-dealkylation sites (N-methyl/N-ethyl adjacent to an activating group) is 1. The van der Waals surface area contributed by atoms with Crippen LogP contribution in [0.1, 0.15) is 19.8 Å². The van der Waals surface area contributed by atoms with Gasteiger partial charge in [0.2, 0.25) is 0 Å². The van der Waals surface area contributed by atoms with Crippen LogP contribution >= 0.6 is 0 Å². The standard InChI is InChI=1S/C10H17NO3/c1-2-11-5-8(9(12)13)3-4-10(11)6-14-7-10/h8H,2-7H2,1H3,(H,12,13). The number of aliphatic carboxylic acids is 1. The van der Waals surface area contributed by atoms with E-state index in [2.05, 4.69) is 11.8 Å². The Hall–Kier alpha value is -0.610. The van der Waals surface area contributed by atoms with Crippen LogP contribution in [0.2, 0.25) is 0 Å². The maximum Gasteiger partial charge on any atom is 0.307 e. The Bertz CT molecular complexity index is 238. The van der Waals surface area contributed by atoms with Crippen molar-refractivity contribution in [1.82, 2.24) is 4.90 Å². The van der Waals surface area contributed by atoms with E-state index in [-0.39, 0.29) is 11.5 Å². The van der Waals surface area contributed by atoms with E-state index in [1.165, 1.54) is 0 Å². The van der Waals surface area contributed by atoms with Crippen LogP contribution in [0.5, 0.6) is 0 Å². The van der Waals surface area contributed by atoms with Gasteiger partial charge in [0.15, 0.2) is 0 Å². The van der Waals surface area contributed by atoms with E-state index in [1.807, 2.05) is 0 Å². The van der Waals surface area contributed by atoms with Gasteiger partial charge in [0, 0.05) is 6.54 Å². The molecule has 2 aliphatic heterocycles. The summed E-state index contributed by atoms with van der Waals surface area (Å²) in [5.41, 5.74) is 0.181. The van der Waals surface area contributed by atoms with E-state index < -0.39 is 5.97 Å². The van der Waals surface area contributed by atoms with Crippen molar-refractivity contribution in [1.29, 1.82) is 0 Å². The fourth-order valence-electron chi connectivity index (χ4n) is 2.48. The third kappa shape index (κ3) is 1.42. The van der Waals surface area contributed by atoms with Gasteiger partial charge in [0.05, 0.1) is 24.7 Å². The Morgan fingerprint density at radius 2 is 2.36 bits per heavy atom. The molecule has 2 fully saturated rings. The molecule has 0 bridgehead atoms. The molecule has 0 aromatic rings. The Morgan fingerprint density at radius 3 is 2.79 bits per heavy atom. The summed E-state index contributed by atoms with van der Waals surface area (Å²) in [5, 5.41) is 8.95. The number of carboxylic acid groups (broad SMARTS) is 1. The number of rotatable bonds is 2. The summed E-state index contributed by atoms with van der Waals surface area (Å²) in [7, 11) is 0. The molecule has 2 saturated heterocycles. The van der Waals surface area contributed by atoms with E-state index in [0.29, 0.717) is 6.54 Å². The lowest BCUT2D eigenvalue weighted by Crippen LogP contribution is -2.65. The summed E-state index contributed by atoms with van der Waals surface area (Å²) in [6.07, 6.45) is 1.77. The number of carboxylic acids is 1. The fraction of sp³-hybridized carbons (Fsp3) is 0.900. The summed E-state index contributed by atoms with van der Waals surface area (Å²) in [6.45, 7) is 5.27. The minimum absolute atomic E-state index is 0.179. The van der Waals surface area contributed by atoms with Crippen molar-refractivity contribution in [2.45, 2.75) is 25.3 Å². The van der Waals surface area contributed by atoms with Crippen LogP contribution in [0.3, 0.4) is 0 Å². The molecule has 1 atom stereocenters. The molecule has 4 nitrogen and oxygen atoms in total. The molecule has 2 aliphatic rings. The van der Waals surface area contributed by atoms with E-state index in [4.69, 9.17) is 9.84 Å². The number of ether oxygens (including phenoxy) is 1. The van der Waals surface area contributed by atoms with Gasteiger partial charge in [-0.05, 0) is 19.4 Å². The molecule has 1 N–H and O–H groups in total. The van der Waals surface area contributed by atoms with Crippen LogP contribution < -0.4 is 0 Å². The third-order valence-electron chi connectivity index (χ3n) is 3.54. The van der Waals surface area contributed by atoms with Gasteiger partial charge in [0.1, 0.15) is 0 Å². The molecule has 14 heavy (non-hydrogen) atoms. The lowest BCUT2D eigenvalue weighted by atomic mass is 9.80. The highest BCUT2D eigenvalue weighted by Gasteiger charge is 2.47. The largest absolute Gasteiger partial charge is 0.481 e. The minimum atomic E-state index is -0.654. The zero-order chi connectivity index (χ0) is 10.2. The van der Waals surface area contributed by atoms with Gasteiger partial charge in [-0.1, -0.05) is 6.92 Å². The van der Waals surface area contributed by atoms with Gasteiger partial charge in [0.25, 0.3) is 0 Å². The van der Waals surface area contributed by atoms with Crippen molar-refractivity contribution in [3.05, 3.63) is 0 Å². The summed E-state index contributed by atoms with van der Waals surface area (Å²) in [5.74, 6) is -0.834. The lowest BCUT2D eigenvalue weighted by molar-refractivity contribution is -0.172. The van der Waals surface area contributed by atoms with E-state index in [1.54, 1.807) is 0 Å². The molecule has 0 radical (unpaired) electrons. The highest BCUT2D eigenvalue weighted by atomic mass is 16.5. The monoisotopic (exact) mass is 199 g/mol. The quantitative estimate of drug-likeness (QED) is 0.706. The molecule has 1 unspecified atom stereocenters. The van der Waals surface area contributed by atoms with Gasteiger partial charge in [-0.25, -0.2) is 0 Å². The summed E-state index contributed by atoms with van der Waals surface area (Å²) in [6, 6.07) is 0. The molecule has 2 rings (SSSR count). The van der Waals surface area contributed by atoms with Crippen molar-refractivity contribution in [2.75, 3.05) is 26.3 Å². The first-order valence-electron chi connectivity index (χ1n) is 5.23. The molecule has 0 aromatic carbocycles. The Kier molecular flexibility index (Phi) is 2.49. The summed E-state index contributed by atoms with van der Waals surface area (Å²) in [4.78, 5) is 13.2. The zero-order valence-electron chi connectivity index (χ0n) is 8.53. The first-order chi connectivity index (χ1) is 6.68. The van der Waals surface area contributed by atoms with Crippen LogP contribution in [0.25, 0.3) is 0 Å². The third-order valence-corrected chi connectivity index (χ3v) is 3.54. The lowest BCUT2D eigenvalue weighted by Gasteiger charge is -2.53. The number of likely N-dealkylation sites (tertiary alicyclic amines) is 1. The SMILES string of the molecule is CCN1CC(C(=O)O)CCC12COC2. The fourth-order valence-corrected chi connectivity index (χ4v) is 2.48. The van der Waals surface area contributed by atoms with Crippen LogP contribution in [0.4, 0.5) is 0 Å². The average Bonchev–Trinajstić information content (AvgIpc) is 2.14. The molecular formula is C10H17NO3. The molecule has 80 valence electrons. The molecule has 0 amide bonds. The number of piperidine rings is 1. The normalized spacial score (nSPS) is 31.4. The highest BCUT2D eigenvalue weighted by molar-refractivity contribution is 5.70. The molecule has 1 spiro atoms. The van der Waals surface area contributed by atoms with Gasteiger partial charge >= 0.3 is 5.97 Å². The van der Waals surface area contributed by atoms with E-state index >= 15 is 0 Å². The first kappa shape index (κ1) is 9.93. The second kappa shape index (κ2) is 3.51. The molecule has 2 heterocycles. The number of nitrogens with zero attached hydrogens (tertiary/aromatic N) is 1. The smallest absolute Gasteiger partial charge is 0.307 e. The van der Waals surface area contributed by atoms with Crippen molar-refractivity contribution in [2.24, 2.45) is 5.92 Å². The van der Waals surface area contributed by atoms with Crippen molar-refractivity contribution < 1.29 is 14.6 Å². The first-order valence-corrected chi connectivity index (χ1v) is 5.23. The van der Waals surface area contributed by atoms with Crippen molar-refractivity contribution >= 4 is 5.97 Å². The Labute approximate surface area is 83.8 Å². The zero-order valence-corrected chi connectivity index (χ0v) is 8.53. The number of carbonyl (C=O) groups is 1. The van der Waals surface area contributed by atoms with Crippen LogP contribution in [-0.2, 0) is 9.53 Å². The van der Waals surface area contributed by atoms with Crippen LogP contribution in [0.15, 0.2) is 0 Å². The second-order valence-corrected chi connectivity index (χ2v) is 4.33. The molecular weight excluding hydrogens is 182 g/mol. The highest BCUT2D eigenvalue weighted by Crippen LogP contribution is 2.36. The van der Waals surface area contributed by atoms with Gasteiger partial charge in [-0.2, -0.15) is 0 Å². The Morgan fingerprint density at radius 1 is 1.64 bits per heavy atom. The number of hydrogen-bond donors (Lipinski definition) is 1. The van der Waals surface area contributed by atoms with E-state index in [0.717, 1.165) is 32.6 Å². The van der Waals surface area contributed by atoms with Crippen LogP contribution in [0, 0.1) is 5.92 Å². The summed E-state index contributed by atoms with van der Waals surface area (Å²) < 4.78 is 5.25. The minimum Gasteiger partial charge on any atom is -0.481 e.